The second kappa shape index (κ2) is 12.2. The van der Waals surface area contributed by atoms with Gasteiger partial charge in [-0.1, -0.05) is 13.8 Å². The van der Waals surface area contributed by atoms with E-state index in [2.05, 4.69) is 28.6 Å². The Morgan fingerprint density at radius 2 is 1.39 bits per heavy atom. The van der Waals surface area contributed by atoms with Gasteiger partial charge in [-0.2, -0.15) is 12.6 Å². The Bertz CT molecular complexity index is 601. The number of nitrogens with one attached hydrogen (secondary N) is 3. The first-order valence-corrected chi connectivity index (χ1v) is 8.97. The summed E-state index contributed by atoms with van der Waals surface area (Å²) in [4.78, 5) is 58.6. The van der Waals surface area contributed by atoms with Crippen LogP contribution in [0.2, 0.25) is 0 Å². The van der Waals surface area contributed by atoms with Crippen molar-refractivity contribution in [2.75, 3.05) is 12.4 Å². The summed E-state index contributed by atoms with van der Waals surface area (Å²) in [6.45, 7) is 2.50. The molecule has 13 heteroatoms. The third-order valence-corrected chi connectivity index (χ3v) is 4.04. The predicted molar refractivity (Wildman–Crippen MR) is 101 cm³/mol. The minimum atomic E-state index is -1.53. The van der Waals surface area contributed by atoms with Crippen LogP contribution in [0.1, 0.15) is 20.3 Å². The zero-order valence-electron chi connectivity index (χ0n) is 15.5. The number of carbonyl (C=O) groups excluding carboxylic acids is 4. The lowest BCUT2D eigenvalue weighted by Gasteiger charge is -2.24. The number of thiol groups is 1. The molecule has 0 aliphatic heterocycles. The Kier molecular flexibility index (Phi) is 11.1. The molecule has 4 amide bonds. The molecule has 0 aromatic rings. The van der Waals surface area contributed by atoms with Gasteiger partial charge in [0.2, 0.25) is 23.6 Å². The first-order chi connectivity index (χ1) is 12.9. The molecule has 0 aromatic heterocycles. The van der Waals surface area contributed by atoms with Crippen LogP contribution in [0.5, 0.6) is 0 Å². The van der Waals surface area contributed by atoms with Crippen molar-refractivity contribution in [3.8, 4) is 0 Å². The minimum Gasteiger partial charge on any atom is -0.480 e. The SMILES string of the molecule is CC(C)C(N)C(=O)NC(CC(N)=O)C(=O)NC(CO)C(=O)NC(CS)C(=O)O. The van der Waals surface area contributed by atoms with Crippen LogP contribution in [-0.4, -0.2) is 76.3 Å². The number of hydrogen-bond donors (Lipinski definition) is 8. The van der Waals surface area contributed by atoms with E-state index in [1.807, 2.05) is 0 Å². The zero-order valence-corrected chi connectivity index (χ0v) is 16.4. The normalized spacial score (nSPS) is 15.1. The average molecular weight is 421 g/mol. The summed E-state index contributed by atoms with van der Waals surface area (Å²) >= 11 is 3.78. The van der Waals surface area contributed by atoms with Gasteiger partial charge in [0.15, 0.2) is 0 Å². The van der Waals surface area contributed by atoms with Crippen LogP contribution >= 0.6 is 12.6 Å². The molecule has 0 saturated heterocycles. The lowest BCUT2D eigenvalue weighted by Crippen LogP contribution is -2.59. The van der Waals surface area contributed by atoms with Gasteiger partial charge in [0, 0.05) is 5.75 Å². The number of carboxylic acid groups (broad SMARTS) is 1. The van der Waals surface area contributed by atoms with E-state index in [0.29, 0.717) is 0 Å². The van der Waals surface area contributed by atoms with E-state index in [9.17, 15) is 29.1 Å². The van der Waals surface area contributed by atoms with Crippen LogP contribution in [0.4, 0.5) is 0 Å². The number of hydrogen-bond acceptors (Lipinski definition) is 8. The van der Waals surface area contributed by atoms with Gasteiger partial charge in [-0.05, 0) is 5.92 Å². The Morgan fingerprint density at radius 3 is 1.79 bits per heavy atom. The lowest BCUT2D eigenvalue weighted by atomic mass is 10.0. The van der Waals surface area contributed by atoms with Gasteiger partial charge in [0.05, 0.1) is 19.1 Å². The van der Waals surface area contributed by atoms with Crippen molar-refractivity contribution < 1.29 is 34.2 Å². The molecular weight excluding hydrogens is 394 g/mol. The smallest absolute Gasteiger partial charge is 0.327 e. The number of amides is 4. The summed E-state index contributed by atoms with van der Waals surface area (Å²) in [6, 6.07) is -5.25. The molecule has 0 rings (SSSR count). The molecule has 0 radical (unpaired) electrons. The van der Waals surface area contributed by atoms with Gasteiger partial charge >= 0.3 is 5.97 Å². The van der Waals surface area contributed by atoms with Crippen LogP contribution in [-0.2, 0) is 24.0 Å². The van der Waals surface area contributed by atoms with Crippen molar-refractivity contribution >= 4 is 42.2 Å². The van der Waals surface area contributed by atoms with Crippen molar-refractivity contribution in [1.29, 1.82) is 0 Å². The molecule has 9 N–H and O–H groups in total. The van der Waals surface area contributed by atoms with Crippen molar-refractivity contribution in [3.63, 3.8) is 0 Å². The Morgan fingerprint density at radius 1 is 0.929 bits per heavy atom. The molecule has 4 atom stereocenters. The standard InChI is InChI=1S/C15H27N5O7S/c1-6(2)11(17)14(25)18-7(3-10(16)22)12(23)19-8(4-21)13(24)20-9(5-28)15(26)27/h6-9,11,21,28H,3-5,17H2,1-2H3,(H2,16,22)(H,18,25)(H,19,23)(H,20,24)(H,26,27). The van der Waals surface area contributed by atoms with Crippen LogP contribution in [0.15, 0.2) is 0 Å². The van der Waals surface area contributed by atoms with E-state index in [4.69, 9.17) is 16.6 Å². The summed E-state index contributed by atoms with van der Waals surface area (Å²) in [6.07, 6.45) is -0.573. The minimum absolute atomic E-state index is 0.222. The highest BCUT2D eigenvalue weighted by Gasteiger charge is 2.30. The van der Waals surface area contributed by atoms with E-state index in [-0.39, 0.29) is 11.7 Å². The molecular formula is C15H27N5O7S. The molecule has 0 spiro atoms. The predicted octanol–water partition coefficient (Wildman–Crippen LogP) is -3.69. The highest BCUT2D eigenvalue weighted by Crippen LogP contribution is 2.01. The van der Waals surface area contributed by atoms with E-state index in [1.165, 1.54) is 0 Å². The molecule has 160 valence electrons. The van der Waals surface area contributed by atoms with Gasteiger partial charge in [0.25, 0.3) is 0 Å². The molecule has 0 heterocycles. The van der Waals surface area contributed by atoms with E-state index < -0.39 is 66.8 Å². The quantitative estimate of drug-likeness (QED) is 0.146. The van der Waals surface area contributed by atoms with E-state index in [0.717, 1.165) is 0 Å². The van der Waals surface area contributed by atoms with Crippen molar-refractivity contribution in [1.82, 2.24) is 16.0 Å². The molecule has 0 bridgehead atoms. The largest absolute Gasteiger partial charge is 0.480 e. The van der Waals surface area contributed by atoms with Crippen molar-refractivity contribution in [3.05, 3.63) is 0 Å². The maximum absolute atomic E-state index is 12.4. The number of rotatable bonds is 12. The van der Waals surface area contributed by atoms with E-state index >= 15 is 0 Å². The molecule has 0 fully saturated rings. The van der Waals surface area contributed by atoms with Gasteiger partial charge in [-0.3, -0.25) is 19.2 Å². The number of nitrogens with two attached hydrogens (primary N) is 2. The van der Waals surface area contributed by atoms with E-state index in [1.54, 1.807) is 13.8 Å². The van der Waals surface area contributed by atoms with Crippen LogP contribution in [0.3, 0.4) is 0 Å². The molecule has 0 aliphatic rings. The summed E-state index contributed by atoms with van der Waals surface area (Å²) in [5, 5.41) is 24.7. The highest BCUT2D eigenvalue weighted by molar-refractivity contribution is 7.80. The monoisotopic (exact) mass is 421 g/mol. The molecule has 28 heavy (non-hydrogen) atoms. The fourth-order valence-corrected chi connectivity index (χ4v) is 2.15. The van der Waals surface area contributed by atoms with Crippen molar-refractivity contribution in [2.45, 2.75) is 44.4 Å². The number of aliphatic hydroxyl groups excluding tert-OH is 1. The number of aliphatic carboxylic acids is 1. The third-order valence-electron chi connectivity index (χ3n) is 3.67. The molecule has 0 saturated carbocycles. The van der Waals surface area contributed by atoms with Gasteiger partial charge in [0.1, 0.15) is 18.1 Å². The topological polar surface area (TPSA) is 214 Å². The van der Waals surface area contributed by atoms with Crippen molar-refractivity contribution in [2.24, 2.45) is 17.4 Å². The third kappa shape index (κ3) is 8.54. The van der Waals surface area contributed by atoms with Crippen LogP contribution in [0, 0.1) is 5.92 Å². The lowest BCUT2D eigenvalue weighted by molar-refractivity contribution is -0.142. The molecule has 0 aliphatic carbocycles. The zero-order chi connectivity index (χ0) is 22.0. The number of primary amides is 1. The second-order valence-corrected chi connectivity index (χ2v) is 6.69. The maximum Gasteiger partial charge on any atom is 0.327 e. The highest BCUT2D eigenvalue weighted by atomic mass is 32.1. The maximum atomic E-state index is 12.4. The summed E-state index contributed by atoms with van der Waals surface area (Å²) in [5.41, 5.74) is 10.8. The molecule has 12 nitrogen and oxygen atoms in total. The molecule has 0 aromatic carbocycles. The summed E-state index contributed by atoms with van der Waals surface area (Å²) < 4.78 is 0. The van der Waals surface area contributed by atoms with Gasteiger partial charge in [-0.25, -0.2) is 4.79 Å². The fourth-order valence-electron chi connectivity index (χ4n) is 1.91. The summed E-state index contributed by atoms with van der Waals surface area (Å²) in [7, 11) is 0. The number of aliphatic hydroxyl groups is 1. The number of carboxylic acids is 1. The first-order valence-electron chi connectivity index (χ1n) is 8.34. The Labute approximate surface area is 167 Å². The second-order valence-electron chi connectivity index (χ2n) is 6.33. The Balaban J connectivity index is 5.19. The number of carbonyl (C=O) groups is 5. The van der Waals surface area contributed by atoms with Crippen LogP contribution in [0.25, 0.3) is 0 Å². The van der Waals surface area contributed by atoms with Gasteiger partial charge in [-0.15, -0.1) is 0 Å². The Hall–Kier alpha value is -2.38. The van der Waals surface area contributed by atoms with Crippen LogP contribution < -0.4 is 27.4 Å². The summed E-state index contributed by atoms with van der Waals surface area (Å²) in [5.74, 6) is -5.39. The first kappa shape index (κ1) is 25.6. The van der Waals surface area contributed by atoms with Gasteiger partial charge < -0.3 is 37.6 Å². The fraction of sp³-hybridized carbons (Fsp3) is 0.667. The molecule has 4 unspecified atom stereocenters. The average Bonchev–Trinajstić information content (AvgIpc) is 2.61.